The first kappa shape index (κ1) is 17.7. The van der Waals surface area contributed by atoms with Gasteiger partial charge in [0.2, 0.25) is 5.91 Å². The van der Waals surface area contributed by atoms with Crippen molar-refractivity contribution in [2.24, 2.45) is 17.8 Å². The van der Waals surface area contributed by atoms with Crippen molar-refractivity contribution in [1.82, 2.24) is 15.3 Å². The molecule has 4 rings (SSSR count). The molecule has 0 spiro atoms. The third kappa shape index (κ3) is 3.70. The highest BCUT2D eigenvalue weighted by molar-refractivity contribution is 5.79. The molecule has 26 heavy (non-hydrogen) atoms. The fraction of sp³-hybridized carbons (Fsp3) is 0.750. The number of hydrogen-bond donors (Lipinski definition) is 1. The summed E-state index contributed by atoms with van der Waals surface area (Å²) in [5.41, 5.74) is 0.988. The summed E-state index contributed by atoms with van der Waals surface area (Å²) in [6, 6.07) is 2.44. The van der Waals surface area contributed by atoms with E-state index >= 15 is 0 Å². The molecule has 1 amide bonds. The Morgan fingerprint density at radius 2 is 2.04 bits per heavy atom. The predicted octanol–water partition coefficient (Wildman–Crippen LogP) is 2.45. The maximum atomic E-state index is 12.3. The molecule has 2 saturated carbocycles. The number of carbonyl (C=O) groups is 1. The van der Waals surface area contributed by atoms with Gasteiger partial charge in [0, 0.05) is 43.9 Å². The molecular weight excluding hydrogens is 328 g/mol. The van der Waals surface area contributed by atoms with Crippen LogP contribution in [-0.4, -0.2) is 42.1 Å². The van der Waals surface area contributed by atoms with Crippen LogP contribution in [0.4, 0.5) is 5.82 Å². The number of methoxy groups -OCH3 is 1. The largest absolute Gasteiger partial charge is 0.377 e. The van der Waals surface area contributed by atoms with Gasteiger partial charge in [-0.1, -0.05) is 6.42 Å². The van der Waals surface area contributed by atoms with Crippen LogP contribution in [-0.2, 0) is 16.1 Å². The second-order valence-electron chi connectivity index (χ2n) is 8.29. The van der Waals surface area contributed by atoms with E-state index < -0.39 is 0 Å². The Bertz CT molecular complexity index is 661. The predicted molar refractivity (Wildman–Crippen MR) is 99.8 cm³/mol. The molecule has 1 N–H and O–H groups in total. The van der Waals surface area contributed by atoms with Crippen LogP contribution in [0.5, 0.6) is 0 Å². The van der Waals surface area contributed by atoms with Gasteiger partial charge in [0.1, 0.15) is 12.4 Å². The molecule has 2 aliphatic carbocycles. The van der Waals surface area contributed by atoms with Crippen LogP contribution < -0.4 is 10.2 Å². The third-order valence-corrected chi connectivity index (χ3v) is 6.36. The molecule has 142 valence electrons. The van der Waals surface area contributed by atoms with Gasteiger partial charge in [0.25, 0.3) is 0 Å². The lowest BCUT2D eigenvalue weighted by atomic mass is 9.78. The molecule has 0 radical (unpaired) electrons. The minimum atomic E-state index is 0.288. The average molecular weight is 358 g/mol. The molecule has 1 aliphatic heterocycles. The summed E-state index contributed by atoms with van der Waals surface area (Å²) in [4.78, 5) is 23.8. The van der Waals surface area contributed by atoms with E-state index in [-0.39, 0.29) is 5.92 Å². The van der Waals surface area contributed by atoms with Crippen molar-refractivity contribution >= 4 is 11.7 Å². The highest BCUT2D eigenvalue weighted by Crippen LogP contribution is 2.38. The number of fused-ring (bicyclic) bond motifs is 1. The zero-order valence-electron chi connectivity index (χ0n) is 15.9. The molecule has 6 heteroatoms. The summed E-state index contributed by atoms with van der Waals surface area (Å²) >= 11 is 0. The summed E-state index contributed by atoms with van der Waals surface area (Å²) < 4.78 is 5.20. The van der Waals surface area contributed by atoms with E-state index in [1.165, 1.54) is 12.8 Å². The number of aryl methyl sites for hydroxylation is 1. The van der Waals surface area contributed by atoms with Gasteiger partial charge >= 0.3 is 0 Å². The number of hydrogen-bond acceptors (Lipinski definition) is 5. The van der Waals surface area contributed by atoms with Gasteiger partial charge in [-0.05, 0) is 50.9 Å². The highest BCUT2D eigenvalue weighted by Gasteiger charge is 2.39. The van der Waals surface area contributed by atoms with E-state index in [1.54, 1.807) is 7.11 Å². The van der Waals surface area contributed by atoms with Crippen LogP contribution in [0.15, 0.2) is 6.07 Å². The van der Waals surface area contributed by atoms with Crippen molar-refractivity contribution in [2.75, 3.05) is 25.1 Å². The third-order valence-electron chi connectivity index (χ3n) is 6.36. The number of carbonyl (C=O) groups excluding carboxylic acids is 1. The molecular formula is C20H30N4O2. The zero-order chi connectivity index (χ0) is 18.1. The monoisotopic (exact) mass is 358 g/mol. The van der Waals surface area contributed by atoms with Gasteiger partial charge < -0.3 is 15.0 Å². The van der Waals surface area contributed by atoms with Crippen LogP contribution in [0.3, 0.4) is 0 Å². The van der Waals surface area contributed by atoms with Crippen LogP contribution in [0, 0.1) is 24.7 Å². The minimum absolute atomic E-state index is 0.288. The number of aromatic nitrogens is 2. The number of ether oxygens (including phenoxy) is 1. The van der Waals surface area contributed by atoms with Crippen LogP contribution in [0.2, 0.25) is 0 Å². The van der Waals surface area contributed by atoms with Crippen molar-refractivity contribution < 1.29 is 9.53 Å². The Kier molecular flexibility index (Phi) is 5.11. The van der Waals surface area contributed by atoms with Crippen LogP contribution in [0.1, 0.15) is 50.0 Å². The lowest BCUT2D eigenvalue weighted by Crippen LogP contribution is -2.44. The molecule has 2 heterocycles. The Morgan fingerprint density at radius 3 is 2.77 bits per heavy atom. The van der Waals surface area contributed by atoms with Crippen molar-refractivity contribution in [3.05, 3.63) is 17.6 Å². The van der Waals surface area contributed by atoms with Gasteiger partial charge in [-0.15, -0.1) is 0 Å². The summed E-state index contributed by atoms with van der Waals surface area (Å²) in [7, 11) is 1.67. The van der Waals surface area contributed by atoms with Crippen molar-refractivity contribution in [3.8, 4) is 0 Å². The van der Waals surface area contributed by atoms with Crippen molar-refractivity contribution in [2.45, 2.75) is 58.1 Å². The average Bonchev–Trinajstić information content (AvgIpc) is 2.96. The second kappa shape index (κ2) is 7.51. The van der Waals surface area contributed by atoms with Crippen molar-refractivity contribution in [1.29, 1.82) is 0 Å². The number of anilines is 1. The summed E-state index contributed by atoms with van der Waals surface area (Å²) in [6.45, 7) is 4.56. The molecule has 3 aliphatic rings. The van der Waals surface area contributed by atoms with Gasteiger partial charge in [-0.25, -0.2) is 9.97 Å². The van der Waals surface area contributed by atoms with Crippen molar-refractivity contribution in [3.63, 3.8) is 0 Å². The number of rotatable bonds is 5. The lowest BCUT2D eigenvalue weighted by molar-refractivity contribution is -0.128. The lowest BCUT2D eigenvalue weighted by Gasteiger charge is -2.33. The molecule has 0 aromatic carbocycles. The maximum absolute atomic E-state index is 12.3. The van der Waals surface area contributed by atoms with E-state index in [2.05, 4.69) is 21.3 Å². The fourth-order valence-corrected chi connectivity index (χ4v) is 4.71. The topological polar surface area (TPSA) is 67.3 Å². The Labute approximate surface area is 155 Å². The van der Waals surface area contributed by atoms with E-state index in [1.807, 2.05) is 6.92 Å². The van der Waals surface area contributed by atoms with E-state index in [9.17, 15) is 4.79 Å². The van der Waals surface area contributed by atoms with Crippen LogP contribution >= 0.6 is 0 Å². The summed E-state index contributed by atoms with van der Waals surface area (Å²) in [5, 5.41) is 3.32. The number of nitrogens with one attached hydrogen (secondary N) is 1. The number of amides is 1. The maximum Gasteiger partial charge on any atom is 0.223 e. The van der Waals surface area contributed by atoms with E-state index in [0.717, 1.165) is 56.1 Å². The Hall–Kier alpha value is -1.69. The molecule has 0 bridgehead atoms. The molecule has 1 aromatic heterocycles. The molecule has 3 fully saturated rings. The smallest absolute Gasteiger partial charge is 0.223 e. The van der Waals surface area contributed by atoms with Gasteiger partial charge in [0.05, 0.1) is 0 Å². The molecule has 1 saturated heterocycles. The SMILES string of the molecule is COCc1nc(C)cc(N2CC3CCC(NC(=O)C4CCC4)CC3C2)n1. The van der Waals surface area contributed by atoms with Crippen LogP contribution in [0.25, 0.3) is 0 Å². The molecule has 3 atom stereocenters. The van der Waals surface area contributed by atoms with Gasteiger partial charge in [0.15, 0.2) is 5.82 Å². The van der Waals surface area contributed by atoms with Gasteiger partial charge in [-0.2, -0.15) is 0 Å². The second-order valence-corrected chi connectivity index (χ2v) is 8.29. The fourth-order valence-electron chi connectivity index (χ4n) is 4.71. The van der Waals surface area contributed by atoms with E-state index in [0.29, 0.717) is 30.4 Å². The first-order chi connectivity index (χ1) is 12.6. The summed E-state index contributed by atoms with van der Waals surface area (Å²) in [5.74, 6) is 3.72. The standard InChI is InChI=1S/C20H30N4O2/c1-13-8-19(23-18(21-13)12-26-2)24-10-15-6-7-17(9-16(15)11-24)22-20(25)14-4-3-5-14/h8,14-17H,3-7,9-12H2,1-2H3,(H,22,25). The van der Waals surface area contributed by atoms with Gasteiger partial charge in [-0.3, -0.25) is 4.79 Å². The normalized spacial score (nSPS) is 28.5. The Morgan fingerprint density at radius 1 is 1.23 bits per heavy atom. The molecule has 6 nitrogen and oxygen atoms in total. The summed E-state index contributed by atoms with van der Waals surface area (Å²) in [6.07, 6.45) is 6.79. The Balaban J connectivity index is 1.38. The molecule has 1 aromatic rings. The zero-order valence-corrected chi connectivity index (χ0v) is 15.9. The first-order valence-corrected chi connectivity index (χ1v) is 10.0. The minimum Gasteiger partial charge on any atom is -0.377 e. The quantitative estimate of drug-likeness (QED) is 0.876. The highest BCUT2D eigenvalue weighted by atomic mass is 16.5. The number of nitrogens with zero attached hydrogens (tertiary/aromatic N) is 3. The first-order valence-electron chi connectivity index (χ1n) is 10.0. The molecule has 3 unspecified atom stereocenters. The van der Waals surface area contributed by atoms with E-state index in [4.69, 9.17) is 9.72 Å².